The molecule has 0 aliphatic heterocycles. The summed E-state index contributed by atoms with van der Waals surface area (Å²) in [6.45, 7) is -0.109. The van der Waals surface area contributed by atoms with Crippen LogP contribution in [0.15, 0.2) is 30.5 Å². The molecule has 2 N–H and O–H groups in total. The molecule has 2 rings (SSSR count). The molecule has 120 valence electrons. The Morgan fingerprint density at radius 2 is 1.95 bits per heavy atom. The number of anilines is 1. The molecular weight excluding hydrogens is 324 g/mol. The van der Waals surface area contributed by atoms with Gasteiger partial charge in [0.05, 0.1) is 6.20 Å². The van der Waals surface area contributed by atoms with Crippen LogP contribution >= 0.6 is 11.3 Å². The Morgan fingerprint density at radius 3 is 2.55 bits per heavy atom. The molecule has 0 saturated heterocycles. The van der Waals surface area contributed by atoms with Crippen LogP contribution in [0.3, 0.4) is 0 Å². The van der Waals surface area contributed by atoms with E-state index >= 15 is 0 Å². The minimum absolute atomic E-state index is 0.0218. The molecule has 9 heteroatoms. The molecule has 0 saturated carbocycles. The second-order valence-electron chi connectivity index (χ2n) is 4.33. The van der Waals surface area contributed by atoms with Crippen molar-refractivity contribution in [2.75, 3.05) is 18.5 Å². The highest BCUT2D eigenvalue weighted by molar-refractivity contribution is 7.15. The molecule has 0 radical (unpaired) electrons. The molecule has 1 unspecified atom stereocenters. The summed E-state index contributed by atoms with van der Waals surface area (Å²) in [6.07, 6.45) is -4.65. The fourth-order valence-electron chi connectivity index (χ4n) is 1.47. The van der Waals surface area contributed by atoms with Crippen molar-refractivity contribution in [2.45, 2.75) is 12.3 Å². The van der Waals surface area contributed by atoms with Crippen LogP contribution in [-0.4, -0.2) is 29.3 Å². The van der Waals surface area contributed by atoms with Crippen LogP contribution in [-0.2, 0) is 6.18 Å². The van der Waals surface area contributed by atoms with Gasteiger partial charge in [-0.25, -0.2) is 9.37 Å². The predicted molar refractivity (Wildman–Crippen MR) is 73.5 cm³/mol. The third-order valence-corrected chi connectivity index (χ3v) is 3.53. The van der Waals surface area contributed by atoms with Gasteiger partial charge in [-0.05, 0) is 24.3 Å². The zero-order chi connectivity index (χ0) is 16.2. The molecule has 1 aromatic heterocycles. The number of alkyl halides is 3. The lowest BCUT2D eigenvalue weighted by atomic mass is 10.3. The molecule has 0 aliphatic rings. The van der Waals surface area contributed by atoms with E-state index in [0.717, 1.165) is 6.20 Å². The topological polar surface area (TPSA) is 54.4 Å². The minimum Gasteiger partial charge on any atom is -0.491 e. The first-order valence-corrected chi connectivity index (χ1v) is 6.99. The highest BCUT2D eigenvalue weighted by Crippen LogP contribution is 2.34. The van der Waals surface area contributed by atoms with E-state index < -0.39 is 23.0 Å². The number of nitrogens with zero attached hydrogens (tertiary/aromatic N) is 1. The number of aliphatic hydroxyl groups excluding tert-OH is 1. The molecule has 0 bridgehead atoms. The number of nitrogens with one attached hydrogen (secondary N) is 1. The van der Waals surface area contributed by atoms with E-state index in [1.54, 1.807) is 0 Å². The van der Waals surface area contributed by atoms with Gasteiger partial charge in [0.25, 0.3) is 0 Å². The number of aromatic nitrogens is 1. The number of thiazole rings is 1. The average Bonchev–Trinajstić information content (AvgIpc) is 2.93. The SMILES string of the molecule is OC(CNc1ncc(C(F)(F)F)s1)COc1ccc(F)cc1. The van der Waals surface area contributed by atoms with Gasteiger partial charge in [0.1, 0.15) is 29.2 Å². The molecule has 22 heavy (non-hydrogen) atoms. The summed E-state index contributed by atoms with van der Waals surface area (Å²) in [5.41, 5.74) is 0. The van der Waals surface area contributed by atoms with Gasteiger partial charge in [0.2, 0.25) is 0 Å². The van der Waals surface area contributed by atoms with Gasteiger partial charge in [-0.3, -0.25) is 0 Å². The van der Waals surface area contributed by atoms with Crippen LogP contribution in [0.2, 0.25) is 0 Å². The fraction of sp³-hybridized carbons (Fsp3) is 0.308. The van der Waals surface area contributed by atoms with Crippen molar-refractivity contribution in [2.24, 2.45) is 0 Å². The second kappa shape index (κ2) is 6.93. The normalized spacial score (nSPS) is 13.0. The van der Waals surface area contributed by atoms with Crippen LogP contribution in [0.25, 0.3) is 0 Å². The summed E-state index contributed by atoms with van der Waals surface area (Å²) < 4.78 is 55.0. The zero-order valence-electron chi connectivity index (χ0n) is 11.1. The molecule has 1 heterocycles. The van der Waals surface area contributed by atoms with Crippen molar-refractivity contribution >= 4 is 16.5 Å². The molecule has 0 spiro atoms. The van der Waals surface area contributed by atoms with Gasteiger partial charge < -0.3 is 15.2 Å². The smallest absolute Gasteiger partial charge is 0.427 e. The first-order chi connectivity index (χ1) is 10.3. The number of aliphatic hydroxyl groups is 1. The van der Waals surface area contributed by atoms with E-state index in [1.165, 1.54) is 24.3 Å². The van der Waals surface area contributed by atoms with E-state index in [1.807, 2.05) is 0 Å². The quantitative estimate of drug-likeness (QED) is 0.796. The van der Waals surface area contributed by atoms with Gasteiger partial charge in [0.15, 0.2) is 5.13 Å². The van der Waals surface area contributed by atoms with E-state index in [4.69, 9.17) is 4.74 Å². The van der Waals surface area contributed by atoms with Crippen LogP contribution < -0.4 is 10.1 Å². The van der Waals surface area contributed by atoms with E-state index in [0.29, 0.717) is 17.1 Å². The lowest BCUT2D eigenvalue weighted by Crippen LogP contribution is -2.26. The highest BCUT2D eigenvalue weighted by Gasteiger charge is 2.33. The molecule has 4 nitrogen and oxygen atoms in total. The van der Waals surface area contributed by atoms with Gasteiger partial charge in [-0.2, -0.15) is 13.2 Å². The monoisotopic (exact) mass is 336 g/mol. The molecule has 0 fully saturated rings. The van der Waals surface area contributed by atoms with Crippen LogP contribution in [0.4, 0.5) is 22.7 Å². The number of halogens is 4. The Bertz CT molecular complexity index is 601. The van der Waals surface area contributed by atoms with Gasteiger partial charge in [-0.15, -0.1) is 0 Å². The number of benzene rings is 1. The number of hydrogen-bond donors (Lipinski definition) is 2. The van der Waals surface area contributed by atoms with Crippen LogP contribution in [0.5, 0.6) is 5.75 Å². The van der Waals surface area contributed by atoms with Crippen molar-refractivity contribution in [3.63, 3.8) is 0 Å². The summed E-state index contributed by atoms with van der Waals surface area (Å²) in [7, 11) is 0. The van der Waals surface area contributed by atoms with Gasteiger partial charge in [0, 0.05) is 6.54 Å². The largest absolute Gasteiger partial charge is 0.491 e. The maximum absolute atomic E-state index is 12.7. The molecule has 0 amide bonds. The van der Waals surface area contributed by atoms with Crippen molar-refractivity contribution in [3.8, 4) is 5.75 Å². The summed E-state index contributed by atoms with van der Waals surface area (Å²) in [6, 6.07) is 5.25. The van der Waals surface area contributed by atoms with Crippen LogP contribution in [0.1, 0.15) is 4.88 Å². The number of hydrogen-bond acceptors (Lipinski definition) is 5. The van der Waals surface area contributed by atoms with Crippen molar-refractivity contribution in [1.29, 1.82) is 0 Å². The van der Waals surface area contributed by atoms with Crippen molar-refractivity contribution < 1.29 is 27.4 Å². The molecule has 0 aliphatic carbocycles. The van der Waals surface area contributed by atoms with Crippen molar-refractivity contribution in [3.05, 3.63) is 41.2 Å². The standard InChI is InChI=1S/C13H12F4N2O2S/c14-8-1-3-10(4-2-8)21-7-9(20)5-18-12-19-6-11(22-12)13(15,16)17/h1-4,6,9,20H,5,7H2,(H,18,19). The Balaban J connectivity index is 1.76. The fourth-order valence-corrected chi connectivity index (χ4v) is 2.16. The summed E-state index contributed by atoms with van der Waals surface area (Å²) >= 11 is 0.457. The van der Waals surface area contributed by atoms with E-state index in [2.05, 4.69) is 10.3 Å². The third-order valence-electron chi connectivity index (χ3n) is 2.53. The Labute approximate surface area is 127 Å². The maximum atomic E-state index is 12.7. The first kappa shape index (κ1) is 16.5. The Hall–Kier alpha value is -1.87. The van der Waals surface area contributed by atoms with Gasteiger partial charge in [-0.1, -0.05) is 11.3 Å². The maximum Gasteiger partial charge on any atom is 0.427 e. The number of rotatable bonds is 6. The number of ether oxygens (including phenoxy) is 1. The average molecular weight is 336 g/mol. The minimum atomic E-state index is -4.43. The molecule has 1 aromatic carbocycles. The lowest BCUT2D eigenvalue weighted by Gasteiger charge is -2.12. The zero-order valence-corrected chi connectivity index (χ0v) is 11.9. The molecule has 1 atom stereocenters. The summed E-state index contributed by atoms with van der Waals surface area (Å²) in [5, 5.41) is 12.3. The Kier molecular flexibility index (Phi) is 5.19. The summed E-state index contributed by atoms with van der Waals surface area (Å²) in [5.74, 6) is -0.0205. The van der Waals surface area contributed by atoms with E-state index in [9.17, 15) is 22.7 Å². The second-order valence-corrected chi connectivity index (χ2v) is 5.36. The van der Waals surface area contributed by atoms with Crippen molar-refractivity contribution in [1.82, 2.24) is 4.98 Å². The third kappa shape index (κ3) is 4.85. The van der Waals surface area contributed by atoms with Crippen LogP contribution in [0, 0.1) is 5.82 Å². The predicted octanol–water partition coefficient (Wildman–Crippen LogP) is 3.15. The molecule has 2 aromatic rings. The first-order valence-electron chi connectivity index (χ1n) is 6.18. The summed E-state index contributed by atoms with van der Waals surface area (Å²) in [4.78, 5) is 2.76. The van der Waals surface area contributed by atoms with E-state index in [-0.39, 0.29) is 18.3 Å². The Morgan fingerprint density at radius 1 is 1.27 bits per heavy atom. The van der Waals surface area contributed by atoms with Gasteiger partial charge >= 0.3 is 6.18 Å². The molecular formula is C13H12F4N2O2S. The highest BCUT2D eigenvalue weighted by atomic mass is 32.1. The lowest BCUT2D eigenvalue weighted by molar-refractivity contribution is -0.134.